The van der Waals surface area contributed by atoms with E-state index in [0.29, 0.717) is 0 Å². The van der Waals surface area contributed by atoms with Crippen LogP contribution in [0.2, 0.25) is 0 Å². The highest BCUT2D eigenvalue weighted by atomic mass is 79.9. The van der Waals surface area contributed by atoms with E-state index in [1.54, 1.807) is 0 Å². The molecule has 0 spiro atoms. The van der Waals surface area contributed by atoms with Crippen molar-refractivity contribution in [1.29, 1.82) is 0 Å². The van der Waals surface area contributed by atoms with Crippen molar-refractivity contribution in [2.75, 3.05) is 4.90 Å². The number of allylic oxidation sites excluding steroid dienone is 2. The summed E-state index contributed by atoms with van der Waals surface area (Å²) in [5.41, 5.74) is 0.408. The Bertz CT molecular complexity index is 761. The van der Waals surface area contributed by atoms with Crippen molar-refractivity contribution in [3.63, 3.8) is 0 Å². The second-order valence-electron chi connectivity index (χ2n) is 6.80. The van der Waals surface area contributed by atoms with Crippen molar-refractivity contribution in [1.82, 2.24) is 0 Å². The van der Waals surface area contributed by atoms with Gasteiger partial charge in [0.1, 0.15) is 6.23 Å². The molecule has 1 aromatic rings. The summed E-state index contributed by atoms with van der Waals surface area (Å²) in [6.07, 6.45) is -2.69. The fraction of sp³-hybridized carbons (Fsp3) is 0.471. The van der Waals surface area contributed by atoms with E-state index in [4.69, 9.17) is 0 Å². The zero-order chi connectivity index (χ0) is 17.4. The minimum absolute atomic E-state index is 0.0855. The fourth-order valence-corrected chi connectivity index (χ4v) is 5.09. The number of carbonyl (C=O) groups excluding carboxylic acids is 1. The zero-order valence-corrected chi connectivity index (χ0v) is 14.3. The van der Waals surface area contributed by atoms with Gasteiger partial charge in [-0.05, 0) is 43.4 Å². The van der Waals surface area contributed by atoms with Crippen LogP contribution in [0.25, 0.3) is 0 Å². The normalized spacial score (nSPS) is 34.8. The smallest absolute Gasteiger partial charge is 0.373 e. The summed E-state index contributed by atoms with van der Waals surface area (Å²) < 4.78 is 39.3. The standard InChI is InChI=1S/C17H15BrF3NO2/c1-7-4-8-5-10(7)14-13(8)15(23)22(16(14)24)9-2-3-12(18)11(6-9)17(19,20)21/h2-4,6,8,10,13-14,16,24H,5H2,1H3/t8-,10-,13-,14+,16?/m0/s1. The predicted octanol–water partition coefficient (Wildman–Crippen LogP) is 3.96. The largest absolute Gasteiger partial charge is 0.417 e. The number of aliphatic hydroxyl groups is 1. The molecule has 7 heteroatoms. The van der Waals surface area contributed by atoms with E-state index in [1.165, 1.54) is 17.7 Å². The van der Waals surface area contributed by atoms with Gasteiger partial charge in [-0.2, -0.15) is 13.2 Å². The average Bonchev–Trinajstić information content (AvgIpc) is 3.10. The summed E-state index contributed by atoms with van der Waals surface area (Å²) in [6.45, 7) is 1.99. The van der Waals surface area contributed by atoms with Gasteiger partial charge in [-0.25, -0.2) is 0 Å². The van der Waals surface area contributed by atoms with Gasteiger partial charge in [-0.3, -0.25) is 9.69 Å². The average molecular weight is 402 g/mol. The highest BCUT2D eigenvalue weighted by molar-refractivity contribution is 9.10. The lowest BCUT2D eigenvalue weighted by Crippen LogP contribution is -2.37. The van der Waals surface area contributed by atoms with Gasteiger partial charge in [0, 0.05) is 16.1 Å². The molecule has 0 aromatic heterocycles. The molecule has 1 aromatic carbocycles. The van der Waals surface area contributed by atoms with Crippen molar-refractivity contribution in [3.05, 3.63) is 39.9 Å². The number of anilines is 1. The number of rotatable bonds is 1. The van der Waals surface area contributed by atoms with Crippen molar-refractivity contribution < 1.29 is 23.1 Å². The summed E-state index contributed by atoms with van der Waals surface area (Å²) in [6, 6.07) is 3.63. The maximum atomic E-state index is 13.1. The molecule has 4 rings (SSSR count). The Kier molecular flexibility index (Phi) is 3.42. The highest BCUT2D eigenvalue weighted by Crippen LogP contribution is 2.57. The molecule has 1 aliphatic heterocycles. The third kappa shape index (κ3) is 2.10. The molecule has 1 amide bonds. The molecule has 3 nitrogen and oxygen atoms in total. The first-order valence-electron chi connectivity index (χ1n) is 7.76. The van der Waals surface area contributed by atoms with Crippen LogP contribution in [0.3, 0.4) is 0 Å². The first-order valence-corrected chi connectivity index (χ1v) is 8.55. The molecule has 24 heavy (non-hydrogen) atoms. The zero-order valence-electron chi connectivity index (χ0n) is 12.7. The van der Waals surface area contributed by atoms with Gasteiger partial charge >= 0.3 is 6.18 Å². The molecule has 3 aliphatic rings. The molecule has 1 saturated carbocycles. The number of benzene rings is 1. The third-order valence-corrected chi connectivity index (χ3v) is 6.28. The molecular formula is C17H15BrF3NO2. The first-order chi connectivity index (χ1) is 11.2. The quantitative estimate of drug-likeness (QED) is 0.723. The van der Waals surface area contributed by atoms with Gasteiger partial charge in [-0.1, -0.05) is 27.6 Å². The van der Waals surface area contributed by atoms with Gasteiger partial charge in [0.15, 0.2) is 0 Å². The van der Waals surface area contributed by atoms with Crippen LogP contribution in [-0.4, -0.2) is 17.2 Å². The maximum absolute atomic E-state index is 13.1. The van der Waals surface area contributed by atoms with Gasteiger partial charge in [-0.15, -0.1) is 0 Å². The topological polar surface area (TPSA) is 40.5 Å². The summed E-state index contributed by atoms with van der Waals surface area (Å²) in [4.78, 5) is 13.9. The van der Waals surface area contributed by atoms with Crippen LogP contribution in [0.1, 0.15) is 18.9 Å². The summed E-state index contributed by atoms with van der Waals surface area (Å²) in [5.74, 6) is -0.609. The van der Waals surface area contributed by atoms with Crippen LogP contribution in [0, 0.1) is 23.7 Å². The highest BCUT2D eigenvalue weighted by Gasteiger charge is 2.60. The van der Waals surface area contributed by atoms with E-state index in [0.717, 1.165) is 17.4 Å². The molecule has 1 N–H and O–H groups in total. The van der Waals surface area contributed by atoms with E-state index in [9.17, 15) is 23.1 Å². The third-order valence-electron chi connectivity index (χ3n) is 5.59. The van der Waals surface area contributed by atoms with Crippen molar-refractivity contribution >= 4 is 27.5 Å². The van der Waals surface area contributed by atoms with Crippen LogP contribution >= 0.6 is 15.9 Å². The molecule has 2 fully saturated rings. The molecule has 1 heterocycles. The molecule has 1 saturated heterocycles. The lowest BCUT2D eigenvalue weighted by molar-refractivity contribution is -0.138. The van der Waals surface area contributed by atoms with Gasteiger partial charge in [0.05, 0.1) is 11.5 Å². The number of alkyl halides is 3. The Morgan fingerprint density at radius 3 is 2.71 bits per heavy atom. The number of fused-ring (bicyclic) bond motifs is 5. The molecular weight excluding hydrogens is 387 g/mol. The summed E-state index contributed by atoms with van der Waals surface area (Å²) >= 11 is 2.90. The Morgan fingerprint density at radius 2 is 2.04 bits per heavy atom. The van der Waals surface area contributed by atoms with Crippen LogP contribution in [0.5, 0.6) is 0 Å². The molecule has 2 aliphatic carbocycles. The minimum atomic E-state index is -4.53. The summed E-state index contributed by atoms with van der Waals surface area (Å²) in [5, 5.41) is 10.7. The number of hydrogen-bond acceptors (Lipinski definition) is 2. The van der Waals surface area contributed by atoms with E-state index >= 15 is 0 Å². The molecule has 5 atom stereocenters. The van der Waals surface area contributed by atoms with Gasteiger partial charge in [0.25, 0.3) is 0 Å². The lowest BCUT2D eigenvalue weighted by atomic mass is 9.81. The second-order valence-corrected chi connectivity index (χ2v) is 7.66. The number of hydrogen-bond donors (Lipinski definition) is 1. The molecule has 128 valence electrons. The first kappa shape index (κ1) is 16.1. The van der Waals surface area contributed by atoms with E-state index in [2.05, 4.69) is 22.0 Å². The minimum Gasteiger partial charge on any atom is -0.373 e. The van der Waals surface area contributed by atoms with E-state index in [-0.39, 0.29) is 39.7 Å². The molecule has 0 radical (unpaired) electrons. The number of nitrogens with zero attached hydrogens (tertiary/aromatic N) is 1. The predicted molar refractivity (Wildman–Crippen MR) is 85.0 cm³/mol. The monoisotopic (exact) mass is 401 g/mol. The molecule has 1 unspecified atom stereocenters. The Balaban J connectivity index is 1.73. The Hall–Kier alpha value is -1.34. The van der Waals surface area contributed by atoms with Crippen LogP contribution < -0.4 is 4.90 Å². The van der Waals surface area contributed by atoms with E-state index in [1.807, 2.05) is 6.92 Å². The van der Waals surface area contributed by atoms with Gasteiger partial charge < -0.3 is 5.11 Å². The fourth-order valence-electron chi connectivity index (χ4n) is 4.62. The van der Waals surface area contributed by atoms with Crippen molar-refractivity contribution in [2.24, 2.45) is 23.7 Å². The maximum Gasteiger partial charge on any atom is 0.417 e. The van der Waals surface area contributed by atoms with E-state index < -0.39 is 18.0 Å². The van der Waals surface area contributed by atoms with Crippen molar-refractivity contribution in [2.45, 2.75) is 25.7 Å². The van der Waals surface area contributed by atoms with Crippen LogP contribution in [0.4, 0.5) is 18.9 Å². The Morgan fingerprint density at radius 1 is 1.33 bits per heavy atom. The lowest BCUT2D eigenvalue weighted by Gasteiger charge is -2.27. The SMILES string of the molecule is CC1=C[C@H]2C[C@@H]1[C@H]1C(O)N(c3ccc(Br)c(C(F)(F)F)c3)C(=O)[C@H]12. The summed E-state index contributed by atoms with van der Waals surface area (Å²) in [7, 11) is 0. The van der Waals surface area contributed by atoms with Gasteiger partial charge in [0.2, 0.25) is 5.91 Å². The van der Waals surface area contributed by atoms with Crippen LogP contribution in [0.15, 0.2) is 34.3 Å². The molecule has 2 bridgehead atoms. The number of aliphatic hydroxyl groups excluding tert-OH is 1. The Labute approximate surface area is 145 Å². The number of amides is 1. The van der Waals surface area contributed by atoms with Crippen LogP contribution in [-0.2, 0) is 11.0 Å². The van der Waals surface area contributed by atoms with Crippen molar-refractivity contribution in [3.8, 4) is 0 Å². The number of carbonyl (C=O) groups is 1. The number of halogens is 4. The second kappa shape index (κ2) is 5.08.